The first-order chi connectivity index (χ1) is 7.69. The zero-order valence-corrected chi connectivity index (χ0v) is 9.06. The molecule has 0 bridgehead atoms. The fourth-order valence-electron chi connectivity index (χ4n) is 1.47. The van der Waals surface area contributed by atoms with Gasteiger partial charge >= 0.3 is 5.70 Å². The van der Waals surface area contributed by atoms with E-state index in [1.807, 2.05) is 0 Å². The molecule has 1 rings (SSSR count). The van der Waals surface area contributed by atoms with Crippen LogP contribution in [0.3, 0.4) is 0 Å². The number of hydrogen-bond acceptors (Lipinski definition) is 6. The highest BCUT2D eigenvalue weighted by Crippen LogP contribution is 2.10. The number of hydrogen-bond donors (Lipinski definition) is 2. The molecule has 0 amide bonds. The third kappa shape index (κ3) is 3.20. The van der Waals surface area contributed by atoms with Gasteiger partial charge in [0.05, 0.1) is 12.0 Å². The van der Waals surface area contributed by atoms with Crippen molar-refractivity contribution in [3.63, 3.8) is 0 Å². The Morgan fingerprint density at radius 3 is 2.69 bits per heavy atom. The van der Waals surface area contributed by atoms with Gasteiger partial charge in [-0.25, -0.2) is 0 Å². The zero-order chi connectivity index (χ0) is 12.0. The minimum atomic E-state index is -0.641. The number of methoxy groups -OCH3 is 1. The van der Waals surface area contributed by atoms with Crippen molar-refractivity contribution in [2.75, 3.05) is 20.3 Å². The van der Waals surface area contributed by atoms with Crippen molar-refractivity contribution in [1.82, 2.24) is 5.32 Å². The van der Waals surface area contributed by atoms with Gasteiger partial charge in [0.25, 0.3) is 5.88 Å². The molecule has 1 fully saturated rings. The molecule has 1 aliphatic heterocycles. The Labute approximate surface area is 93.1 Å². The highest BCUT2D eigenvalue weighted by Gasteiger charge is 2.21. The Balaban J connectivity index is 2.72. The molecule has 1 saturated heterocycles. The molecule has 0 saturated carbocycles. The van der Waals surface area contributed by atoms with Gasteiger partial charge in [0.15, 0.2) is 0 Å². The largest absolute Gasteiger partial charge is 0.478 e. The molecule has 0 aromatic carbocycles. The van der Waals surface area contributed by atoms with Crippen molar-refractivity contribution < 1.29 is 14.4 Å². The van der Waals surface area contributed by atoms with Crippen molar-refractivity contribution in [1.29, 1.82) is 5.41 Å². The van der Waals surface area contributed by atoms with Crippen molar-refractivity contribution >= 4 is 6.21 Å². The van der Waals surface area contributed by atoms with Crippen LogP contribution in [0.5, 0.6) is 0 Å². The smallest absolute Gasteiger partial charge is 0.345 e. The Morgan fingerprint density at radius 1 is 1.62 bits per heavy atom. The van der Waals surface area contributed by atoms with E-state index in [1.165, 1.54) is 7.11 Å². The lowest BCUT2D eigenvalue weighted by atomic mass is 10.1. The van der Waals surface area contributed by atoms with Gasteiger partial charge in [-0.1, -0.05) is 0 Å². The summed E-state index contributed by atoms with van der Waals surface area (Å²) in [5.41, 5.74) is -0.367. The third-order valence-corrected chi connectivity index (χ3v) is 2.33. The molecule has 1 aliphatic rings. The first-order valence-electron chi connectivity index (χ1n) is 4.96. The SMILES string of the molecule is CO/C(NC1CCOCC1)=C(/C=N)[N+](=O)[O-]. The first kappa shape index (κ1) is 12.4. The lowest BCUT2D eigenvalue weighted by molar-refractivity contribution is -0.417. The average molecular weight is 229 g/mol. The Bertz CT molecular complexity index is 297. The van der Waals surface area contributed by atoms with Crippen LogP contribution in [0.15, 0.2) is 11.6 Å². The van der Waals surface area contributed by atoms with Crippen LogP contribution >= 0.6 is 0 Å². The van der Waals surface area contributed by atoms with E-state index in [-0.39, 0.29) is 17.6 Å². The van der Waals surface area contributed by atoms with Crippen LogP contribution in [-0.2, 0) is 9.47 Å². The molecular weight excluding hydrogens is 214 g/mol. The maximum Gasteiger partial charge on any atom is 0.345 e. The standard InChI is InChI=1S/C9H15N3O4/c1-15-9(8(6-10)12(13)14)11-7-2-4-16-5-3-7/h6-7,10-11H,2-5H2,1H3/b9-8-,10-6?. The summed E-state index contributed by atoms with van der Waals surface area (Å²) in [6.07, 6.45) is 2.22. The van der Waals surface area contributed by atoms with Crippen LogP contribution < -0.4 is 5.32 Å². The van der Waals surface area contributed by atoms with Gasteiger partial charge < -0.3 is 20.2 Å². The lowest BCUT2D eigenvalue weighted by Crippen LogP contribution is -2.36. The second-order valence-corrected chi connectivity index (χ2v) is 3.35. The summed E-state index contributed by atoms with van der Waals surface area (Å²) in [7, 11) is 1.34. The fourth-order valence-corrected chi connectivity index (χ4v) is 1.47. The molecule has 0 unspecified atom stereocenters. The van der Waals surface area contributed by atoms with E-state index in [1.54, 1.807) is 0 Å². The maximum atomic E-state index is 10.6. The van der Waals surface area contributed by atoms with Crippen molar-refractivity contribution in [3.05, 3.63) is 21.7 Å². The summed E-state index contributed by atoms with van der Waals surface area (Å²) in [6, 6.07) is 0.0959. The molecule has 0 spiro atoms. The highest BCUT2D eigenvalue weighted by molar-refractivity contribution is 5.72. The van der Waals surface area contributed by atoms with Crippen molar-refractivity contribution in [3.8, 4) is 0 Å². The number of rotatable bonds is 5. The quantitative estimate of drug-likeness (QED) is 0.309. The Morgan fingerprint density at radius 2 is 2.25 bits per heavy atom. The molecule has 0 atom stereocenters. The van der Waals surface area contributed by atoms with E-state index in [9.17, 15) is 10.1 Å². The summed E-state index contributed by atoms with van der Waals surface area (Å²) in [5, 5.41) is 20.5. The number of allylic oxidation sites excluding steroid dienone is 1. The zero-order valence-electron chi connectivity index (χ0n) is 9.06. The Hall–Kier alpha value is -1.63. The predicted molar refractivity (Wildman–Crippen MR) is 56.8 cm³/mol. The molecule has 7 nitrogen and oxygen atoms in total. The minimum Gasteiger partial charge on any atom is -0.478 e. The normalized spacial score (nSPS) is 18.6. The van der Waals surface area contributed by atoms with Crippen molar-refractivity contribution in [2.45, 2.75) is 18.9 Å². The lowest BCUT2D eigenvalue weighted by Gasteiger charge is -2.24. The average Bonchev–Trinajstić information content (AvgIpc) is 2.29. The van der Waals surface area contributed by atoms with Crippen LogP contribution in [0.4, 0.5) is 0 Å². The van der Waals surface area contributed by atoms with E-state index in [2.05, 4.69) is 5.32 Å². The van der Waals surface area contributed by atoms with Crippen LogP contribution in [-0.4, -0.2) is 37.5 Å². The molecule has 7 heteroatoms. The number of nitro groups is 1. The number of nitrogens with one attached hydrogen (secondary N) is 2. The van der Waals surface area contributed by atoms with E-state index < -0.39 is 4.92 Å². The number of nitrogens with zero attached hydrogens (tertiary/aromatic N) is 1. The van der Waals surface area contributed by atoms with Gasteiger partial charge in [0.1, 0.15) is 6.21 Å². The Kier molecular flexibility index (Phi) is 4.71. The number of ether oxygens (including phenoxy) is 2. The summed E-state index contributed by atoms with van der Waals surface area (Å²) in [6.45, 7) is 1.26. The summed E-state index contributed by atoms with van der Waals surface area (Å²) in [5.74, 6) is 0.0342. The molecular formula is C9H15N3O4. The van der Waals surface area contributed by atoms with Crippen LogP contribution in [0.25, 0.3) is 0 Å². The first-order valence-corrected chi connectivity index (χ1v) is 4.96. The summed E-state index contributed by atoms with van der Waals surface area (Å²) >= 11 is 0. The van der Waals surface area contributed by atoms with Crippen LogP contribution in [0.2, 0.25) is 0 Å². The van der Waals surface area contributed by atoms with E-state index >= 15 is 0 Å². The molecule has 2 N–H and O–H groups in total. The van der Waals surface area contributed by atoms with Gasteiger partial charge in [0, 0.05) is 19.3 Å². The molecule has 0 aromatic rings. The van der Waals surface area contributed by atoms with Gasteiger partial charge in [-0.05, 0) is 12.8 Å². The molecule has 90 valence electrons. The van der Waals surface area contributed by atoms with Gasteiger partial charge in [0.2, 0.25) is 0 Å². The molecule has 0 aromatic heterocycles. The maximum absolute atomic E-state index is 10.6. The second-order valence-electron chi connectivity index (χ2n) is 3.35. The molecule has 16 heavy (non-hydrogen) atoms. The topological polar surface area (TPSA) is 97.5 Å². The molecule has 0 aliphatic carbocycles. The summed E-state index contributed by atoms with van der Waals surface area (Å²) < 4.78 is 10.1. The predicted octanol–water partition coefficient (Wildman–Crippen LogP) is 0.497. The van der Waals surface area contributed by atoms with E-state index in [4.69, 9.17) is 14.9 Å². The van der Waals surface area contributed by atoms with Gasteiger partial charge in [-0.3, -0.25) is 10.1 Å². The van der Waals surface area contributed by atoms with Crippen molar-refractivity contribution in [2.24, 2.45) is 0 Å². The van der Waals surface area contributed by atoms with Gasteiger partial charge in [-0.15, -0.1) is 0 Å². The molecule has 1 heterocycles. The van der Waals surface area contributed by atoms with E-state index in [0.717, 1.165) is 12.8 Å². The molecule has 0 radical (unpaired) electrons. The minimum absolute atomic E-state index is 0.0342. The highest BCUT2D eigenvalue weighted by atomic mass is 16.6. The summed E-state index contributed by atoms with van der Waals surface area (Å²) in [4.78, 5) is 9.98. The third-order valence-electron chi connectivity index (χ3n) is 2.33. The van der Waals surface area contributed by atoms with Gasteiger partial charge in [-0.2, -0.15) is 0 Å². The van der Waals surface area contributed by atoms with Crippen LogP contribution in [0.1, 0.15) is 12.8 Å². The van der Waals surface area contributed by atoms with Crippen LogP contribution in [0, 0.1) is 15.5 Å². The second kappa shape index (κ2) is 6.06. The van der Waals surface area contributed by atoms with E-state index in [0.29, 0.717) is 19.4 Å². The fraction of sp³-hybridized carbons (Fsp3) is 0.667. The monoisotopic (exact) mass is 229 g/mol.